The number of hydrogen-bond donors (Lipinski definition) is 0. The number of sulfone groups is 1. The van der Waals surface area contributed by atoms with Crippen molar-refractivity contribution in [3.05, 3.63) is 60.2 Å². The zero-order valence-electron chi connectivity index (χ0n) is 14.4. The summed E-state index contributed by atoms with van der Waals surface area (Å²) in [7, 11) is -3.02. The third-order valence-corrected chi connectivity index (χ3v) is 6.61. The predicted molar refractivity (Wildman–Crippen MR) is 99.2 cm³/mol. The van der Waals surface area contributed by atoms with Gasteiger partial charge < -0.3 is 9.64 Å². The molecule has 0 N–H and O–H groups in total. The second kappa shape index (κ2) is 6.76. The molecule has 1 saturated heterocycles. The monoisotopic (exact) mass is 371 g/mol. The number of carbonyl (C=O) groups excluding carboxylic acids is 1. The van der Waals surface area contributed by atoms with Gasteiger partial charge in [0.05, 0.1) is 11.5 Å². The maximum Gasteiger partial charge on any atom is 0.254 e. The Balaban J connectivity index is 1.50. The molecule has 1 heterocycles. The van der Waals surface area contributed by atoms with Gasteiger partial charge in [-0.2, -0.15) is 0 Å². The molecule has 1 aliphatic carbocycles. The molecular weight excluding hydrogens is 350 g/mol. The molecule has 26 heavy (non-hydrogen) atoms. The van der Waals surface area contributed by atoms with E-state index in [-0.39, 0.29) is 29.5 Å². The molecule has 0 aromatic heterocycles. The molecule has 136 valence electrons. The van der Waals surface area contributed by atoms with E-state index in [0.29, 0.717) is 17.7 Å². The Labute approximate surface area is 153 Å². The molecule has 4 rings (SSSR count). The van der Waals surface area contributed by atoms with Gasteiger partial charge in [-0.3, -0.25) is 4.79 Å². The minimum Gasteiger partial charge on any atom is -0.457 e. The lowest BCUT2D eigenvalue weighted by Crippen LogP contribution is -2.42. The maximum atomic E-state index is 13.0. The van der Waals surface area contributed by atoms with Gasteiger partial charge in [0.2, 0.25) is 0 Å². The summed E-state index contributed by atoms with van der Waals surface area (Å²) in [5.74, 6) is 1.58. The van der Waals surface area contributed by atoms with Gasteiger partial charge >= 0.3 is 0 Å². The van der Waals surface area contributed by atoms with Gasteiger partial charge in [-0.15, -0.1) is 0 Å². The van der Waals surface area contributed by atoms with Crippen molar-refractivity contribution >= 4 is 15.7 Å². The van der Waals surface area contributed by atoms with Crippen LogP contribution in [0.25, 0.3) is 0 Å². The number of para-hydroxylation sites is 1. The van der Waals surface area contributed by atoms with Gasteiger partial charge in [-0.1, -0.05) is 18.2 Å². The molecule has 1 atom stereocenters. The van der Waals surface area contributed by atoms with Gasteiger partial charge in [0.1, 0.15) is 11.5 Å². The van der Waals surface area contributed by atoms with Crippen molar-refractivity contribution in [2.45, 2.75) is 31.3 Å². The van der Waals surface area contributed by atoms with Gasteiger partial charge in [0, 0.05) is 17.6 Å². The summed E-state index contributed by atoms with van der Waals surface area (Å²) in [4.78, 5) is 14.8. The van der Waals surface area contributed by atoms with E-state index < -0.39 is 9.84 Å². The highest BCUT2D eigenvalue weighted by Crippen LogP contribution is 2.34. The SMILES string of the molecule is O=C(c1ccc(Oc2ccccc2)cc1)N(C1CC1)C1CCS(=O)(=O)C1. The van der Waals surface area contributed by atoms with E-state index in [9.17, 15) is 13.2 Å². The third-order valence-electron chi connectivity index (χ3n) is 4.86. The summed E-state index contributed by atoms with van der Waals surface area (Å²) in [6.07, 6.45) is 2.45. The second-order valence-electron chi connectivity index (χ2n) is 6.94. The summed E-state index contributed by atoms with van der Waals surface area (Å²) < 4.78 is 29.4. The van der Waals surface area contributed by atoms with Crippen LogP contribution in [-0.2, 0) is 9.84 Å². The molecule has 2 aliphatic rings. The van der Waals surface area contributed by atoms with Crippen molar-refractivity contribution < 1.29 is 17.9 Å². The number of rotatable bonds is 5. The number of carbonyl (C=O) groups is 1. The first-order valence-corrected chi connectivity index (χ1v) is 10.7. The molecule has 2 fully saturated rings. The molecule has 1 unspecified atom stereocenters. The van der Waals surface area contributed by atoms with Crippen LogP contribution in [0.3, 0.4) is 0 Å². The van der Waals surface area contributed by atoms with Crippen LogP contribution in [0.5, 0.6) is 11.5 Å². The summed E-state index contributed by atoms with van der Waals surface area (Å²) in [6, 6.07) is 16.5. The summed E-state index contributed by atoms with van der Waals surface area (Å²) in [6.45, 7) is 0. The topological polar surface area (TPSA) is 63.7 Å². The number of benzene rings is 2. The lowest BCUT2D eigenvalue weighted by Gasteiger charge is -2.28. The summed E-state index contributed by atoms with van der Waals surface area (Å²) >= 11 is 0. The fraction of sp³-hybridized carbons (Fsp3) is 0.350. The van der Waals surface area contributed by atoms with E-state index in [4.69, 9.17) is 4.74 Å². The number of amides is 1. The van der Waals surface area contributed by atoms with E-state index in [1.807, 2.05) is 30.3 Å². The molecule has 1 aliphatic heterocycles. The second-order valence-corrected chi connectivity index (χ2v) is 9.17. The number of hydrogen-bond acceptors (Lipinski definition) is 4. The first kappa shape index (κ1) is 17.1. The fourth-order valence-electron chi connectivity index (χ4n) is 3.42. The van der Waals surface area contributed by atoms with Gasteiger partial charge in [0.25, 0.3) is 5.91 Å². The highest BCUT2D eigenvalue weighted by Gasteiger charge is 2.42. The minimum atomic E-state index is -3.02. The molecular formula is C20H21NO4S. The van der Waals surface area contributed by atoms with Crippen molar-refractivity contribution in [3.8, 4) is 11.5 Å². The normalized spacial score (nSPS) is 21.3. The van der Waals surface area contributed by atoms with Gasteiger partial charge in [-0.05, 0) is 55.7 Å². The Morgan fingerprint density at radius 1 is 0.885 bits per heavy atom. The first-order valence-electron chi connectivity index (χ1n) is 8.88. The Morgan fingerprint density at radius 3 is 2.12 bits per heavy atom. The average Bonchev–Trinajstić information content (AvgIpc) is 3.40. The van der Waals surface area contributed by atoms with Crippen LogP contribution in [0.2, 0.25) is 0 Å². The van der Waals surface area contributed by atoms with E-state index in [2.05, 4.69) is 0 Å². The van der Waals surface area contributed by atoms with Crippen molar-refractivity contribution in [2.24, 2.45) is 0 Å². The molecule has 0 spiro atoms. The van der Waals surface area contributed by atoms with E-state index >= 15 is 0 Å². The Morgan fingerprint density at radius 2 is 1.54 bits per heavy atom. The lowest BCUT2D eigenvalue weighted by atomic mass is 10.1. The molecule has 1 amide bonds. The third kappa shape index (κ3) is 3.75. The van der Waals surface area contributed by atoms with Crippen LogP contribution in [0.4, 0.5) is 0 Å². The van der Waals surface area contributed by atoms with Crippen LogP contribution < -0.4 is 4.74 Å². The highest BCUT2D eigenvalue weighted by atomic mass is 32.2. The van der Waals surface area contributed by atoms with Crippen molar-refractivity contribution in [3.63, 3.8) is 0 Å². The van der Waals surface area contributed by atoms with E-state index in [1.165, 1.54) is 0 Å². The molecule has 2 aromatic carbocycles. The van der Waals surface area contributed by atoms with Crippen LogP contribution in [0, 0.1) is 0 Å². The van der Waals surface area contributed by atoms with Crippen LogP contribution >= 0.6 is 0 Å². The average molecular weight is 371 g/mol. The number of ether oxygens (including phenoxy) is 1. The number of nitrogens with zero attached hydrogens (tertiary/aromatic N) is 1. The summed E-state index contributed by atoms with van der Waals surface area (Å²) in [5.41, 5.74) is 0.571. The molecule has 6 heteroatoms. The largest absolute Gasteiger partial charge is 0.457 e. The quantitative estimate of drug-likeness (QED) is 0.809. The Kier molecular flexibility index (Phi) is 4.44. The molecule has 0 radical (unpaired) electrons. The Hall–Kier alpha value is -2.34. The van der Waals surface area contributed by atoms with Gasteiger partial charge in [-0.25, -0.2) is 8.42 Å². The molecule has 1 saturated carbocycles. The zero-order valence-corrected chi connectivity index (χ0v) is 15.2. The standard InChI is InChI=1S/C20H21NO4S/c22-20(21(16-8-9-16)17-12-13-26(23,24)14-17)15-6-10-19(11-7-15)25-18-4-2-1-3-5-18/h1-7,10-11,16-17H,8-9,12-14H2. The van der Waals surface area contributed by atoms with Crippen LogP contribution in [-0.4, -0.2) is 42.8 Å². The maximum absolute atomic E-state index is 13.0. The zero-order chi connectivity index (χ0) is 18.1. The van der Waals surface area contributed by atoms with E-state index in [1.54, 1.807) is 29.2 Å². The molecule has 0 bridgehead atoms. The predicted octanol–water partition coefficient (Wildman–Crippen LogP) is 3.27. The highest BCUT2D eigenvalue weighted by molar-refractivity contribution is 7.91. The Bertz CT molecular complexity index is 889. The van der Waals surface area contributed by atoms with Crippen molar-refractivity contribution in [1.82, 2.24) is 4.90 Å². The van der Waals surface area contributed by atoms with Gasteiger partial charge in [0.15, 0.2) is 9.84 Å². The summed E-state index contributed by atoms with van der Waals surface area (Å²) in [5, 5.41) is 0. The smallest absolute Gasteiger partial charge is 0.254 e. The van der Waals surface area contributed by atoms with E-state index in [0.717, 1.165) is 18.6 Å². The van der Waals surface area contributed by atoms with Crippen molar-refractivity contribution in [2.75, 3.05) is 11.5 Å². The van der Waals surface area contributed by atoms with Crippen LogP contribution in [0.15, 0.2) is 54.6 Å². The lowest BCUT2D eigenvalue weighted by molar-refractivity contribution is 0.0681. The van der Waals surface area contributed by atoms with Crippen LogP contribution in [0.1, 0.15) is 29.6 Å². The first-order chi connectivity index (χ1) is 12.5. The molecule has 2 aromatic rings. The fourth-order valence-corrected chi connectivity index (χ4v) is 5.13. The minimum absolute atomic E-state index is 0.0825. The molecule has 5 nitrogen and oxygen atoms in total. The van der Waals surface area contributed by atoms with Crippen molar-refractivity contribution in [1.29, 1.82) is 0 Å².